The first-order valence-electron chi connectivity index (χ1n) is 6.58. The molecule has 8 heteroatoms. The normalized spacial score (nSPS) is 14.5. The van der Waals surface area contributed by atoms with Gasteiger partial charge in [0.05, 0.1) is 17.9 Å². The van der Waals surface area contributed by atoms with Gasteiger partial charge < -0.3 is 11.1 Å². The molecule has 0 amide bonds. The van der Waals surface area contributed by atoms with E-state index in [1.807, 2.05) is 5.38 Å². The summed E-state index contributed by atoms with van der Waals surface area (Å²) in [6, 6.07) is 3.11. The summed E-state index contributed by atoms with van der Waals surface area (Å²) in [7, 11) is 0. The minimum absolute atomic E-state index is 0. The van der Waals surface area contributed by atoms with E-state index in [-0.39, 0.29) is 35.6 Å². The van der Waals surface area contributed by atoms with Crippen LogP contribution in [0.1, 0.15) is 29.5 Å². The van der Waals surface area contributed by atoms with Crippen LogP contribution in [0.3, 0.4) is 0 Å². The summed E-state index contributed by atoms with van der Waals surface area (Å²) >= 11 is 1.54. The van der Waals surface area contributed by atoms with E-state index in [0.29, 0.717) is 12.5 Å². The number of thiazole rings is 1. The zero-order valence-corrected chi connectivity index (χ0v) is 14.7. The number of guanidine groups is 1. The van der Waals surface area contributed by atoms with Crippen LogP contribution in [0.4, 0.5) is 14.5 Å². The van der Waals surface area contributed by atoms with E-state index < -0.39 is 11.6 Å². The predicted molar refractivity (Wildman–Crippen MR) is 94.8 cm³/mol. The van der Waals surface area contributed by atoms with Crippen LogP contribution >= 0.6 is 35.3 Å². The molecule has 3 rings (SSSR count). The summed E-state index contributed by atoms with van der Waals surface area (Å²) in [5.41, 5.74) is 6.76. The summed E-state index contributed by atoms with van der Waals surface area (Å²) < 4.78 is 26.5. The van der Waals surface area contributed by atoms with E-state index in [2.05, 4.69) is 15.3 Å². The number of anilines is 1. The number of halogens is 3. The van der Waals surface area contributed by atoms with Crippen molar-refractivity contribution >= 4 is 47.0 Å². The first kappa shape index (κ1) is 17.1. The third kappa shape index (κ3) is 4.35. The molecule has 0 unspecified atom stereocenters. The lowest BCUT2D eigenvalue weighted by atomic mass is 10.3. The van der Waals surface area contributed by atoms with Gasteiger partial charge in [-0.05, 0) is 25.0 Å². The Morgan fingerprint density at radius 3 is 2.91 bits per heavy atom. The van der Waals surface area contributed by atoms with Crippen LogP contribution in [0, 0.1) is 11.6 Å². The molecule has 0 saturated heterocycles. The molecular formula is C14H15F2IN4S. The van der Waals surface area contributed by atoms with Crippen molar-refractivity contribution in [1.29, 1.82) is 0 Å². The fourth-order valence-corrected chi connectivity index (χ4v) is 2.69. The predicted octanol–water partition coefficient (Wildman–Crippen LogP) is 3.84. The molecule has 0 atom stereocenters. The number of hydrogen-bond donors (Lipinski definition) is 2. The van der Waals surface area contributed by atoms with Crippen molar-refractivity contribution in [3.8, 4) is 0 Å². The molecule has 2 aromatic rings. The first-order chi connectivity index (χ1) is 10.1. The van der Waals surface area contributed by atoms with E-state index in [0.717, 1.165) is 28.9 Å². The standard InChI is InChI=1S/C14H14F2N4S.HI/c15-9-3-4-10(16)11(5-9)20-14(17)18-6-13-19-12(7-21-13)8-1-2-8;/h3-5,7-8H,1-2,6H2,(H3,17,18,20);1H. The summed E-state index contributed by atoms with van der Waals surface area (Å²) in [6.07, 6.45) is 2.41. The molecule has 1 aromatic carbocycles. The summed E-state index contributed by atoms with van der Waals surface area (Å²) in [5.74, 6) is -0.487. The summed E-state index contributed by atoms with van der Waals surface area (Å²) in [5, 5.41) is 5.46. The van der Waals surface area contributed by atoms with Crippen molar-refractivity contribution in [2.24, 2.45) is 10.7 Å². The van der Waals surface area contributed by atoms with Gasteiger partial charge in [0.25, 0.3) is 0 Å². The van der Waals surface area contributed by atoms with Crippen molar-refractivity contribution in [2.45, 2.75) is 25.3 Å². The van der Waals surface area contributed by atoms with Crippen molar-refractivity contribution in [2.75, 3.05) is 5.32 Å². The molecule has 0 bridgehead atoms. The number of aliphatic imine (C=N–C) groups is 1. The van der Waals surface area contributed by atoms with Gasteiger partial charge in [-0.3, -0.25) is 0 Å². The van der Waals surface area contributed by atoms with Crippen molar-refractivity contribution in [3.05, 3.63) is 45.9 Å². The molecule has 4 nitrogen and oxygen atoms in total. The van der Waals surface area contributed by atoms with E-state index in [9.17, 15) is 8.78 Å². The second-order valence-electron chi connectivity index (χ2n) is 4.89. The second-order valence-corrected chi connectivity index (χ2v) is 5.83. The Morgan fingerprint density at radius 1 is 1.41 bits per heavy atom. The lowest BCUT2D eigenvalue weighted by molar-refractivity contribution is 0.604. The molecule has 0 spiro atoms. The van der Waals surface area contributed by atoms with Crippen LogP contribution in [0.5, 0.6) is 0 Å². The van der Waals surface area contributed by atoms with Gasteiger partial charge in [-0.25, -0.2) is 18.8 Å². The molecule has 0 radical (unpaired) electrons. The number of nitrogens with zero attached hydrogens (tertiary/aromatic N) is 2. The maximum absolute atomic E-state index is 13.4. The van der Waals surface area contributed by atoms with Gasteiger partial charge in [-0.15, -0.1) is 35.3 Å². The highest BCUT2D eigenvalue weighted by molar-refractivity contribution is 14.0. The van der Waals surface area contributed by atoms with Crippen molar-refractivity contribution in [1.82, 2.24) is 4.98 Å². The maximum atomic E-state index is 13.4. The van der Waals surface area contributed by atoms with Gasteiger partial charge in [0.1, 0.15) is 16.6 Å². The highest BCUT2D eigenvalue weighted by Crippen LogP contribution is 2.40. The van der Waals surface area contributed by atoms with Crippen LogP contribution in [-0.2, 0) is 6.54 Å². The number of nitrogens with two attached hydrogens (primary N) is 1. The van der Waals surface area contributed by atoms with E-state index in [1.54, 1.807) is 0 Å². The Bertz CT molecular complexity index is 685. The SMILES string of the molecule is I.NC(=NCc1nc(C2CC2)cs1)Nc1cc(F)ccc1F. The fourth-order valence-electron chi connectivity index (χ4n) is 1.89. The minimum Gasteiger partial charge on any atom is -0.370 e. The van der Waals surface area contributed by atoms with E-state index in [1.165, 1.54) is 24.2 Å². The number of aromatic nitrogens is 1. The van der Waals surface area contributed by atoms with Crippen LogP contribution in [-0.4, -0.2) is 10.9 Å². The highest BCUT2D eigenvalue weighted by atomic mass is 127. The zero-order chi connectivity index (χ0) is 14.8. The lowest BCUT2D eigenvalue weighted by Crippen LogP contribution is -2.23. The molecular weight excluding hydrogens is 421 g/mol. The zero-order valence-electron chi connectivity index (χ0n) is 11.6. The second kappa shape index (κ2) is 7.32. The van der Waals surface area contributed by atoms with Crippen LogP contribution < -0.4 is 11.1 Å². The third-order valence-electron chi connectivity index (χ3n) is 3.14. The Hall–Kier alpha value is -1.29. The van der Waals surface area contributed by atoms with Crippen molar-refractivity contribution in [3.63, 3.8) is 0 Å². The summed E-state index contributed by atoms with van der Waals surface area (Å²) in [4.78, 5) is 8.57. The minimum atomic E-state index is -0.584. The average molecular weight is 436 g/mol. The van der Waals surface area contributed by atoms with Crippen LogP contribution in [0.15, 0.2) is 28.6 Å². The van der Waals surface area contributed by atoms with Crippen LogP contribution in [0.25, 0.3) is 0 Å². The molecule has 0 aliphatic heterocycles. The molecule has 22 heavy (non-hydrogen) atoms. The molecule has 1 aromatic heterocycles. The number of benzene rings is 1. The molecule has 3 N–H and O–H groups in total. The summed E-state index contributed by atoms with van der Waals surface area (Å²) in [6.45, 7) is 0.327. The topological polar surface area (TPSA) is 63.3 Å². The van der Waals surface area contributed by atoms with Gasteiger partial charge in [-0.1, -0.05) is 0 Å². The molecule has 1 saturated carbocycles. The Kier molecular flexibility index (Phi) is 5.68. The molecule has 118 valence electrons. The molecule has 1 aliphatic rings. The molecule has 1 aliphatic carbocycles. The van der Waals surface area contributed by atoms with Gasteiger partial charge >= 0.3 is 0 Å². The van der Waals surface area contributed by atoms with Crippen LogP contribution in [0.2, 0.25) is 0 Å². The van der Waals surface area contributed by atoms with E-state index >= 15 is 0 Å². The quantitative estimate of drug-likeness (QED) is 0.435. The average Bonchev–Trinajstić information content (AvgIpc) is 3.20. The monoisotopic (exact) mass is 436 g/mol. The Labute approximate surface area is 147 Å². The lowest BCUT2D eigenvalue weighted by Gasteiger charge is -2.06. The maximum Gasteiger partial charge on any atom is 0.193 e. The highest BCUT2D eigenvalue weighted by Gasteiger charge is 2.25. The Balaban J connectivity index is 0.00000176. The largest absolute Gasteiger partial charge is 0.370 e. The first-order valence-corrected chi connectivity index (χ1v) is 7.46. The van der Waals surface area contributed by atoms with Gasteiger partial charge in [0.2, 0.25) is 0 Å². The van der Waals surface area contributed by atoms with E-state index in [4.69, 9.17) is 5.73 Å². The van der Waals surface area contributed by atoms with Gasteiger partial charge in [0, 0.05) is 17.4 Å². The number of hydrogen-bond acceptors (Lipinski definition) is 3. The molecule has 1 fully saturated rings. The van der Waals surface area contributed by atoms with Crippen molar-refractivity contribution < 1.29 is 8.78 Å². The van der Waals surface area contributed by atoms with Gasteiger partial charge in [-0.2, -0.15) is 0 Å². The smallest absolute Gasteiger partial charge is 0.193 e. The molecule has 1 heterocycles. The van der Waals surface area contributed by atoms with Gasteiger partial charge in [0.15, 0.2) is 5.96 Å². The Morgan fingerprint density at radius 2 is 2.18 bits per heavy atom. The number of rotatable bonds is 4. The fraction of sp³-hybridized carbons (Fsp3) is 0.286. The third-order valence-corrected chi connectivity index (χ3v) is 3.99. The number of nitrogens with one attached hydrogen (secondary N) is 1.